The Hall–Kier alpha value is -0.370. The Labute approximate surface area is 74.9 Å². The van der Waals surface area contributed by atoms with E-state index in [4.69, 9.17) is 0 Å². The summed E-state index contributed by atoms with van der Waals surface area (Å²) in [5.74, 6) is 0.605. The Morgan fingerprint density at radius 3 is 2.42 bits per heavy atom. The molecule has 2 heteroatoms. The molecule has 70 valence electrons. The number of carbonyl (C=O) groups excluding carboxylic acids is 1. The summed E-state index contributed by atoms with van der Waals surface area (Å²) < 4.78 is 0. The highest BCUT2D eigenvalue weighted by Gasteiger charge is 2.39. The number of likely N-dealkylation sites (tertiary alicyclic amines) is 1. The molecule has 12 heavy (non-hydrogen) atoms. The highest BCUT2D eigenvalue weighted by atomic mass is 16.1. The van der Waals surface area contributed by atoms with Crippen LogP contribution < -0.4 is 0 Å². The van der Waals surface area contributed by atoms with E-state index < -0.39 is 0 Å². The van der Waals surface area contributed by atoms with Crippen molar-refractivity contribution in [3.8, 4) is 0 Å². The van der Waals surface area contributed by atoms with Gasteiger partial charge in [0, 0.05) is 17.9 Å². The second-order valence-electron chi connectivity index (χ2n) is 4.57. The maximum absolute atomic E-state index is 11.8. The largest absolute Gasteiger partial charge is 0.305 e. The maximum atomic E-state index is 11.8. The number of rotatable bonds is 2. The molecule has 0 bridgehead atoms. The molecular formula is C10H19NO. The van der Waals surface area contributed by atoms with Crippen molar-refractivity contribution in [2.45, 2.75) is 27.2 Å². The smallest absolute Gasteiger partial charge is 0.142 e. The summed E-state index contributed by atoms with van der Waals surface area (Å²) in [4.78, 5) is 14.0. The van der Waals surface area contributed by atoms with E-state index in [1.54, 1.807) is 0 Å². The summed E-state index contributed by atoms with van der Waals surface area (Å²) in [6.45, 7) is 8.08. The lowest BCUT2D eigenvalue weighted by molar-refractivity contribution is -0.130. The fourth-order valence-electron chi connectivity index (χ4n) is 2.09. The van der Waals surface area contributed by atoms with Crippen molar-refractivity contribution in [2.24, 2.45) is 11.3 Å². The molecule has 1 atom stereocenters. The van der Waals surface area contributed by atoms with Crippen molar-refractivity contribution >= 4 is 5.78 Å². The molecule has 0 aromatic rings. The van der Waals surface area contributed by atoms with E-state index in [0.717, 1.165) is 19.5 Å². The number of ketones is 1. The zero-order valence-electron chi connectivity index (χ0n) is 8.55. The molecule has 0 amide bonds. The molecule has 1 aliphatic rings. The zero-order valence-corrected chi connectivity index (χ0v) is 8.55. The molecule has 0 aromatic carbocycles. The van der Waals surface area contributed by atoms with Gasteiger partial charge in [-0.05, 0) is 20.0 Å². The summed E-state index contributed by atoms with van der Waals surface area (Å²) in [5, 5.41) is 0. The second-order valence-corrected chi connectivity index (χ2v) is 4.57. The van der Waals surface area contributed by atoms with Crippen LogP contribution in [0.4, 0.5) is 0 Å². The van der Waals surface area contributed by atoms with Gasteiger partial charge in [0.25, 0.3) is 0 Å². The Balaban J connectivity index is 2.67. The standard InChI is InChI=1S/C10H19NO/c1-8(2)9(12)10(3)5-6-11(4)7-10/h8H,5-7H2,1-4H3/t10-/m0/s1. The summed E-state index contributed by atoms with van der Waals surface area (Å²) >= 11 is 0. The van der Waals surface area contributed by atoms with Crippen molar-refractivity contribution in [3.05, 3.63) is 0 Å². The minimum Gasteiger partial charge on any atom is -0.305 e. The van der Waals surface area contributed by atoms with E-state index in [2.05, 4.69) is 18.9 Å². The van der Waals surface area contributed by atoms with Crippen molar-refractivity contribution < 1.29 is 4.79 Å². The molecule has 1 heterocycles. The summed E-state index contributed by atoms with van der Waals surface area (Å²) in [7, 11) is 2.08. The zero-order chi connectivity index (χ0) is 9.35. The van der Waals surface area contributed by atoms with E-state index >= 15 is 0 Å². The van der Waals surface area contributed by atoms with E-state index in [9.17, 15) is 4.79 Å². The number of carbonyl (C=O) groups is 1. The summed E-state index contributed by atoms with van der Waals surface area (Å²) in [6.07, 6.45) is 1.03. The van der Waals surface area contributed by atoms with Crippen molar-refractivity contribution in [1.82, 2.24) is 4.90 Å². The van der Waals surface area contributed by atoms with Gasteiger partial charge in [0.15, 0.2) is 0 Å². The molecule has 1 saturated heterocycles. The fourth-order valence-corrected chi connectivity index (χ4v) is 2.09. The van der Waals surface area contributed by atoms with Gasteiger partial charge in [-0.25, -0.2) is 0 Å². The van der Waals surface area contributed by atoms with E-state index in [0.29, 0.717) is 5.78 Å². The van der Waals surface area contributed by atoms with Crippen molar-refractivity contribution in [1.29, 1.82) is 0 Å². The van der Waals surface area contributed by atoms with Crippen LogP contribution in [-0.2, 0) is 4.79 Å². The Bertz CT molecular complexity index is 188. The lowest BCUT2D eigenvalue weighted by Gasteiger charge is -2.24. The van der Waals surface area contributed by atoms with Crippen LogP contribution in [0.15, 0.2) is 0 Å². The van der Waals surface area contributed by atoms with Gasteiger partial charge >= 0.3 is 0 Å². The SMILES string of the molecule is CC(C)C(=O)[C@@]1(C)CCN(C)C1. The van der Waals surface area contributed by atoms with Crippen LogP contribution in [0.25, 0.3) is 0 Å². The average Bonchev–Trinajstić information content (AvgIpc) is 2.31. The Kier molecular flexibility index (Phi) is 2.57. The van der Waals surface area contributed by atoms with Crippen LogP contribution in [0.3, 0.4) is 0 Å². The predicted octanol–water partition coefficient (Wildman–Crippen LogP) is 1.55. The van der Waals surface area contributed by atoms with Gasteiger partial charge in [0.05, 0.1) is 0 Å². The molecule has 0 N–H and O–H groups in total. The summed E-state index contributed by atoms with van der Waals surface area (Å²) in [6, 6.07) is 0. The molecule has 0 saturated carbocycles. The maximum Gasteiger partial charge on any atom is 0.142 e. The highest BCUT2D eigenvalue weighted by molar-refractivity contribution is 5.86. The molecule has 1 rings (SSSR count). The third-order valence-corrected chi connectivity index (χ3v) is 2.78. The molecule has 0 spiro atoms. The minimum absolute atomic E-state index is 0.0666. The van der Waals surface area contributed by atoms with E-state index in [1.165, 1.54) is 0 Å². The van der Waals surface area contributed by atoms with E-state index in [-0.39, 0.29) is 11.3 Å². The Morgan fingerprint density at radius 1 is 1.50 bits per heavy atom. The first-order valence-corrected chi connectivity index (χ1v) is 4.68. The quantitative estimate of drug-likeness (QED) is 0.625. The Morgan fingerprint density at radius 2 is 2.08 bits per heavy atom. The number of nitrogens with zero attached hydrogens (tertiary/aromatic N) is 1. The van der Waals surface area contributed by atoms with Crippen LogP contribution in [0.5, 0.6) is 0 Å². The topological polar surface area (TPSA) is 20.3 Å². The van der Waals surface area contributed by atoms with Crippen molar-refractivity contribution in [3.63, 3.8) is 0 Å². The molecule has 1 aliphatic heterocycles. The predicted molar refractivity (Wildman–Crippen MR) is 50.1 cm³/mol. The monoisotopic (exact) mass is 169 g/mol. The molecule has 0 aliphatic carbocycles. The highest BCUT2D eigenvalue weighted by Crippen LogP contribution is 2.32. The third-order valence-electron chi connectivity index (χ3n) is 2.78. The van der Waals surface area contributed by atoms with Gasteiger partial charge < -0.3 is 4.90 Å². The average molecular weight is 169 g/mol. The minimum atomic E-state index is -0.0666. The van der Waals surface area contributed by atoms with Gasteiger partial charge in [0.2, 0.25) is 0 Å². The van der Waals surface area contributed by atoms with Gasteiger partial charge in [-0.3, -0.25) is 4.79 Å². The molecule has 2 nitrogen and oxygen atoms in total. The fraction of sp³-hybridized carbons (Fsp3) is 0.900. The van der Waals surface area contributed by atoms with Gasteiger partial charge in [-0.2, -0.15) is 0 Å². The molecule has 0 radical (unpaired) electrons. The second kappa shape index (κ2) is 3.17. The van der Waals surface area contributed by atoms with Crippen LogP contribution in [-0.4, -0.2) is 30.8 Å². The number of Topliss-reactive ketones (excluding diaryl/α,β-unsaturated/α-hetero) is 1. The van der Waals surface area contributed by atoms with Crippen LogP contribution >= 0.6 is 0 Å². The normalized spacial score (nSPS) is 31.4. The lowest BCUT2D eigenvalue weighted by atomic mass is 9.80. The lowest BCUT2D eigenvalue weighted by Crippen LogP contribution is -2.33. The van der Waals surface area contributed by atoms with E-state index in [1.807, 2.05) is 13.8 Å². The van der Waals surface area contributed by atoms with Crippen LogP contribution in [0, 0.1) is 11.3 Å². The van der Waals surface area contributed by atoms with Gasteiger partial charge in [-0.1, -0.05) is 20.8 Å². The number of hydrogen-bond donors (Lipinski definition) is 0. The first-order chi connectivity index (χ1) is 5.46. The first-order valence-electron chi connectivity index (χ1n) is 4.68. The van der Waals surface area contributed by atoms with Gasteiger partial charge in [-0.15, -0.1) is 0 Å². The number of hydrogen-bond acceptors (Lipinski definition) is 2. The molecule has 1 fully saturated rings. The van der Waals surface area contributed by atoms with Crippen LogP contribution in [0.1, 0.15) is 27.2 Å². The molecular weight excluding hydrogens is 150 g/mol. The van der Waals surface area contributed by atoms with Crippen molar-refractivity contribution in [2.75, 3.05) is 20.1 Å². The third kappa shape index (κ3) is 1.69. The summed E-state index contributed by atoms with van der Waals surface area (Å²) in [5.41, 5.74) is -0.0666. The molecule has 0 aromatic heterocycles. The van der Waals surface area contributed by atoms with Gasteiger partial charge in [0.1, 0.15) is 5.78 Å². The van der Waals surface area contributed by atoms with Crippen LogP contribution in [0.2, 0.25) is 0 Å². The first kappa shape index (κ1) is 9.72. The molecule has 0 unspecified atom stereocenters.